The number of nitriles is 1. The van der Waals surface area contributed by atoms with Gasteiger partial charge in [-0.2, -0.15) is 10.4 Å². The van der Waals surface area contributed by atoms with Crippen LogP contribution in [0.4, 0.5) is 5.13 Å². The second kappa shape index (κ2) is 7.90. The fourth-order valence-electron chi connectivity index (χ4n) is 1.67. The Morgan fingerprint density at radius 1 is 1.55 bits per heavy atom. The smallest absolute Gasteiger partial charge is 0.311 e. The highest BCUT2D eigenvalue weighted by Crippen LogP contribution is 2.16. The van der Waals surface area contributed by atoms with Gasteiger partial charge in [-0.05, 0) is 13.0 Å². The van der Waals surface area contributed by atoms with Crippen molar-refractivity contribution in [1.82, 2.24) is 4.98 Å². The fraction of sp³-hybridized carbons (Fsp3) is 0.200. The van der Waals surface area contributed by atoms with Gasteiger partial charge >= 0.3 is 5.97 Å². The molecule has 112 valence electrons. The number of nitrogens with zero attached hydrogens (tertiary/aromatic N) is 3. The minimum Gasteiger partial charge on any atom is -0.466 e. The molecular formula is C15H14N4O2S. The third-order valence-corrected chi connectivity index (χ3v) is 3.42. The zero-order chi connectivity index (χ0) is 15.8. The summed E-state index contributed by atoms with van der Waals surface area (Å²) in [6.07, 6.45) is 1.71. The molecule has 1 aromatic carbocycles. The average molecular weight is 314 g/mol. The number of hydrogen-bond acceptors (Lipinski definition) is 7. The van der Waals surface area contributed by atoms with Gasteiger partial charge in [0.05, 0.1) is 36.6 Å². The molecule has 0 saturated carbocycles. The molecule has 0 saturated heterocycles. The van der Waals surface area contributed by atoms with Gasteiger partial charge in [-0.1, -0.05) is 18.2 Å². The van der Waals surface area contributed by atoms with Crippen molar-refractivity contribution in [2.75, 3.05) is 12.0 Å². The average Bonchev–Trinajstić information content (AvgIpc) is 2.95. The first kappa shape index (κ1) is 15.7. The van der Waals surface area contributed by atoms with E-state index < -0.39 is 0 Å². The minimum atomic E-state index is -0.300. The van der Waals surface area contributed by atoms with Crippen LogP contribution in [0.15, 0.2) is 34.7 Å². The van der Waals surface area contributed by atoms with Crippen LogP contribution < -0.4 is 5.43 Å². The summed E-state index contributed by atoms with van der Waals surface area (Å²) in [5.41, 5.74) is 4.70. The molecule has 0 aliphatic carbocycles. The molecule has 0 aliphatic heterocycles. The summed E-state index contributed by atoms with van der Waals surface area (Å²) in [5, 5.41) is 15.4. The molecule has 2 aromatic rings. The summed E-state index contributed by atoms with van der Waals surface area (Å²) in [7, 11) is 0. The summed E-state index contributed by atoms with van der Waals surface area (Å²) in [6.45, 7) is 2.12. The summed E-state index contributed by atoms with van der Waals surface area (Å²) in [5.74, 6) is -0.300. The van der Waals surface area contributed by atoms with Crippen LogP contribution in [-0.4, -0.2) is 23.8 Å². The highest BCUT2D eigenvalue weighted by Gasteiger charge is 2.07. The van der Waals surface area contributed by atoms with Gasteiger partial charge in [-0.15, -0.1) is 11.3 Å². The Morgan fingerprint density at radius 2 is 2.36 bits per heavy atom. The molecule has 1 aromatic heterocycles. The van der Waals surface area contributed by atoms with Crippen molar-refractivity contribution in [3.05, 3.63) is 46.5 Å². The molecule has 1 heterocycles. The van der Waals surface area contributed by atoms with Crippen LogP contribution in [0, 0.1) is 11.3 Å². The van der Waals surface area contributed by atoms with Crippen molar-refractivity contribution >= 4 is 28.7 Å². The van der Waals surface area contributed by atoms with E-state index >= 15 is 0 Å². The standard InChI is InChI=1S/C15H14N4O2S/c1-2-21-14(20)7-13-10-22-15(18-13)19-17-9-12-6-4-3-5-11(12)8-16/h3-6,9-10H,2,7H2,1H3,(H,18,19). The molecule has 7 heteroatoms. The van der Waals surface area contributed by atoms with E-state index in [0.717, 1.165) is 5.56 Å². The van der Waals surface area contributed by atoms with Crippen LogP contribution >= 0.6 is 11.3 Å². The summed E-state index contributed by atoms with van der Waals surface area (Å²) >= 11 is 1.35. The molecule has 0 amide bonds. The molecule has 0 spiro atoms. The van der Waals surface area contributed by atoms with Crippen LogP contribution in [0.1, 0.15) is 23.7 Å². The number of thiazole rings is 1. The Kier molecular flexibility index (Phi) is 5.63. The Balaban J connectivity index is 1.95. The maximum absolute atomic E-state index is 11.4. The van der Waals surface area contributed by atoms with Gasteiger partial charge in [0.1, 0.15) is 0 Å². The molecule has 0 bridgehead atoms. The molecule has 0 fully saturated rings. The van der Waals surface area contributed by atoms with Gasteiger partial charge in [0.15, 0.2) is 0 Å². The first-order valence-electron chi connectivity index (χ1n) is 6.61. The van der Waals surface area contributed by atoms with E-state index in [1.54, 1.807) is 36.7 Å². The van der Waals surface area contributed by atoms with Crippen LogP contribution in [0.3, 0.4) is 0 Å². The quantitative estimate of drug-likeness (QED) is 0.503. The maximum Gasteiger partial charge on any atom is 0.311 e. The fourth-order valence-corrected chi connectivity index (χ4v) is 2.33. The zero-order valence-electron chi connectivity index (χ0n) is 11.9. The lowest BCUT2D eigenvalue weighted by Crippen LogP contribution is -2.07. The molecular weight excluding hydrogens is 300 g/mol. The summed E-state index contributed by atoms with van der Waals surface area (Å²) in [4.78, 5) is 15.6. The topological polar surface area (TPSA) is 87.4 Å². The molecule has 22 heavy (non-hydrogen) atoms. The van der Waals surface area contributed by atoms with E-state index in [0.29, 0.717) is 23.0 Å². The molecule has 0 radical (unpaired) electrons. The minimum absolute atomic E-state index is 0.146. The monoisotopic (exact) mass is 314 g/mol. The third-order valence-electron chi connectivity index (χ3n) is 2.63. The molecule has 0 atom stereocenters. The van der Waals surface area contributed by atoms with Crippen molar-refractivity contribution in [1.29, 1.82) is 5.26 Å². The van der Waals surface area contributed by atoms with Crippen molar-refractivity contribution < 1.29 is 9.53 Å². The Labute approximate surface area is 132 Å². The molecule has 2 rings (SSSR count). The van der Waals surface area contributed by atoms with E-state index in [1.165, 1.54) is 11.3 Å². The normalized spacial score (nSPS) is 10.4. The third kappa shape index (κ3) is 4.40. The zero-order valence-corrected chi connectivity index (χ0v) is 12.8. The van der Waals surface area contributed by atoms with Gasteiger partial charge < -0.3 is 4.74 Å². The lowest BCUT2D eigenvalue weighted by atomic mass is 10.1. The van der Waals surface area contributed by atoms with Gasteiger partial charge in [0.25, 0.3) is 0 Å². The lowest BCUT2D eigenvalue weighted by molar-refractivity contribution is -0.142. The predicted octanol–water partition coefficient (Wildman–Crippen LogP) is 2.57. The molecule has 0 unspecified atom stereocenters. The molecule has 6 nitrogen and oxygen atoms in total. The predicted molar refractivity (Wildman–Crippen MR) is 84.8 cm³/mol. The number of anilines is 1. The van der Waals surface area contributed by atoms with Crippen LogP contribution in [0.25, 0.3) is 0 Å². The number of esters is 1. The molecule has 0 aliphatic rings. The Hall–Kier alpha value is -2.72. The first-order valence-corrected chi connectivity index (χ1v) is 7.49. The van der Waals surface area contributed by atoms with Crippen molar-refractivity contribution in [2.45, 2.75) is 13.3 Å². The number of ether oxygens (including phenoxy) is 1. The van der Waals surface area contributed by atoms with E-state index in [9.17, 15) is 4.79 Å². The van der Waals surface area contributed by atoms with Crippen molar-refractivity contribution in [3.63, 3.8) is 0 Å². The number of nitrogens with one attached hydrogen (secondary N) is 1. The maximum atomic E-state index is 11.4. The number of benzene rings is 1. The largest absolute Gasteiger partial charge is 0.466 e. The van der Waals surface area contributed by atoms with Crippen LogP contribution in [-0.2, 0) is 16.0 Å². The summed E-state index contributed by atoms with van der Waals surface area (Å²) < 4.78 is 4.86. The Morgan fingerprint density at radius 3 is 3.14 bits per heavy atom. The number of hydrogen-bond donors (Lipinski definition) is 1. The van der Waals surface area contributed by atoms with E-state index in [2.05, 4.69) is 21.6 Å². The SMILES string of the molecule is CCOC(=O)Cc1csc(NN=Cc2ccccc2C#N)n1. The van der Waals surface area contributed by atoms with Crippen molar-refractivity contribution in [2.24, 2.45) is 5.10 Å². The highest BCUT2D eigenvalue weighted by molar-refractivity contribution is 7.13. The van der Waals surface area contributed by atoms with Gasteiger partial charge in [-0.25, -0.2) is 4.98 Å². The number of aromatic nitrogens is 1. The molecule has 1 N–H and O–H groups in total. The highest BCUT2D eigenvalue weighted by atomic mass is 32.1. The second-order valence-corrected chi connectivity index (χ2v) is 5.05. The number of carbonyl (C=O) groups is 1. The summed E-state index contributed by atoms with van der Waals surface area (Å²) in [6, 6.07) is 9.26. The van der Waals surface area contributed by atoms with Crippen LogP contribution in [0.2, 0.25) is 0 Å². The first-order chi connectivity index (χ1) is 10.7. The van der Waals surface area contributed by atoms with E-state index in [1.807, 2.05) is 6.07 Å². The van der Waals surface area contributed by atoms with E-state index in [4.69, 9.17) is 10.00 Å². The van der Waals surface area contributed by atoms with Gasteiger partial charge in [0.2, 0.25) is 5.13 Å². The lowest BCUT2D eigenvalue weighted by Gasteiger charge is -1.98. The van der Waals surface area contributed by atoms with Crippen molar-refractivity contribution in [3.8, 4) is 6.07 Å². The Bertz CT molecular complexity index is 718. The van der Waals surface area contributed by atoms with Crippen LogP contribution in [0.5, 0.6) is 0 Å². The second-order valence-electron chi connectivity index (χ2n) is 4.19. The van der Waals surface area contributed by atoms with Gasteiger partial charge in [0, 0.05) is 10.9 Å². The number of rotatable bonds is 6. The van der Waals surface area contributed by atoms with E-state index in [-0.39, 0.29) is 12.4 Å². The number of carbonyl (C=O) groups excluding carboxylic acids is 1. The van der Waals surface area contributed by atoms with Gasteiger partial charge in [-0.3, -0.25) is 10.2 Å². The number of hydrazone groups is 1.